The lowest BCUT2D eigenvalue weighted by Crippen LogP contribution is -2.49. The number of fused-ring (bicyclic) bond motifs is 3. The van der Waals surface area contributed by atoms with Crippen molar-refractivity contribution in [3.8, 4) is 0 Å². The monoisotopic (exact) mass is 453 g/mol. The van der Waals surface area contributed by atoms with Gasteiger partial charge in [-0.1, -0.05) is 13.3 Å². The molecule has 3 atom stereocenters. The molecular weight excluding hydrogens is 428 g/mol. The van der Waals surface area contributed by atoms with E-state index in [1.165, 1.54) is 0 Å². The highest BCUT2D eigenvalue weighted by atomic mass is 32.2. The highest BCUT2D eigenvalue weighted by molar-refractivity contribution is 7.87. The van der Waals surface area contributed by atoms with Crippen LogP contribution in [-0.4, -0.2) is 62.3 Å². The summed E-state index contributed by atoms with van der Waals surface area (Å²) in [4.78, 5) is 7.43. The standard InChI is InChI=1S/C19H25F2N7O2S/c1-2-12-9-13(26-31(29,30)27-7-4-19(20,21)5-8-27)10-14(12)18-25-24-16-11-23-17-15(28(16)18)3-6-22-17/h3,6,11-14,22,26H,2,4-5,7-10H2,1H3/t12?,13-,14?/m0/s1. The number of rotatable bonds is 5. The molecule has 2 aliphatic rings. The van der Waals surface area contributed by atoms with Gasteiger partial charge in [-0.25, -0.2) is 13.8 Å². The van der Waals surface area contributed by atoms with Crippen molar-refractivity contribution >= 4 is 27.0 Å². The van der Waals surface area contributed by atoms with Gasteiger partial charge in [-0.15, -0.1) is 10.2 Å². The second-order valence-electron chi connectivity index (χ2n) is 8.54. The Bertz CT molecular complexity index is 1200. The van der Waals surface area contributed by atoms with Crippen molar-refractivity contribution in [2.45, 2.75) is 56.9 Å². The van der Waals surface area contributed by atoms with E-state index in [-0.39, 0.29) is 31.0 Å². The summed E-state index contributed by atoms with van der Waals surface area (Å²) in [6, 6.07) is 1.64. The van der Waals surface area contributed by atoms with Crippen LogP contribution in [0.1, 0.15) is 50.8 Å². The van der Waals surface area contributed by atoms with Gasteiger partial charge in [-0.05, 0) is 24.8 Å². The van der Waals surface area contributed by atoms with Crippen molar-refractivity contribution < 1.29 is 17.2 Å². The molecule has 4 heterocycles. The van der Waals surface area contributed by atoms with Crippen LogP contribution in [-0.2, 0) is 10.2 Å². The molecule has 0 bridgehead atoms. The SMILES string of the molecule is CCC1C[C@H](NS(=O)(=O)N2CCC(F)(F)CC2)CC1c1nnc2cnc3[nH]ccc3n12. The predicted molar refractivity (Wildman–Crippen MR) is 110 cm³/mol. The van der Waals surface area contributed by atoms with E-state index >= 15 is 0 Å². The van der Waals surface area contributed by atoms with E-state index in [1.54, 1.807) is 6.20 Å². The molecule has 1 saturated heterocycles. The van der Waals surface area contributed by atoms with Gasteiger partial charge in [0.15, 0.2) is 11.3 Å². The fourth-order valence-electron chi connectivity index (χ4n) is 4.97. The van der Waals surface area contributed by atoms with Crippen molar-refractivity contribution in [3.05, 3.63) is 24.3 Å². The van der Waals surface area contributed by atoms with Gasteiger partial charge >= 0.3 is 0 Å². The second kappa shape index (κ2) is 7.45. The topological polar surface area (TPSA) is 108 Å². The summed E-state index contributed by atoms with van der Waals surface area (Å²) in [5.74, 6) is -1.73. The summed E-state index contributed by atoms with van der Waals surface area (Å²) in [5, 5.41) is 8.70. The average Bonchev–Trinajstić information content (AvgIpc) is 3.43. The van der Waals surface area contributed by atoms with Crippen molar-refractivity contribution in [2.75, 3.05) is 13.1 Å². The molecule has 1 aliphatic heterocycles. The zero-order valence-corrected chi connectivity index (χ0v) is 17.9. The Morgan fingerprint density at radius 1 is 1.26 bits per heavy atom. The third kappa shape index (κ3) is 3.70. The first-order valence-electron chi connectivity index (χ1n) is 10.6. The van der Waals surface area contributed by atoms with Gasteiger partial charge in [0.05, 0.1) is 11.7 Å². The van der Waals surface area contributed by atoms with Gasteiger partial charge in [0.2, 0.25) is 0 Å². The van der Waals surface area contributed by atoms with Crippen molar-refractivity contribution in [3.63, 3.8) is 0 Å². The van der Waals surface area contributed by atoms with E-state index in [4.69, 9.17) is 0 Å². The minimum atomic E-state index is -3.82. The number of nitrogens with zero attached hydrogens (tertiary/aromatic N) is 5. The zero-order valence-electron chi connectivity index (χ0n) is 17.1. The van der Waals surface area contributed by atoms with E-state index in [0.717, 1.165) is 27.7 Å². The molecule has 2 N–H and O–H groups in total. The Balaban J connectivity index is 1.38. The van der Waals surface area contributed by atoms with Crippen LogP contribution in [0.4, 0.5) is 8.78 Å². The molecule has 9 nitrogen and oxygen atoms in total. The van der Waals surface area contributed by atoms with Crippen LogP contribution >= 0.6 is 0 Å². The quantitative estimate of drug-likeness (QED) is 0.617. The zero-order chi connectivity index (χ0) is 21.8. The van der Waals surface area contributed by atoms with Crippen LogP contribution in [0.3, 0.4) is 0 Å². The van der Waals surface area contributed by atoms with Crippen molar-refractivity contribution in [2.24, 2.45) is 5.92 Å². The maximum absolute atomic E-state index is 13.4. The normalized spacial score (nSPS) is 27.4. The fourth-order valence-corrected chi connectivity index (χ4v) is 6.39. The van der Waals surface area contributed by atoms with Crippen molar-refractivity contribution in [1.29, 1.82) is 0 Å². The molecular formula is C19H25F2N7O2S. The van der Waals surface area contributed by atoms with Gasteiger partial charge in [-0.2, -0.15) is 17.4 Å². The summed E-state index contributed by atoms with van der Waals surface area (Å²) >= 11 is 0. The van der Waals surface area contributed by atoms with Crippen LogP contribution in [0.2, 0.25) is 0 Å². The summed E-state index contributed by atoms with van der Waals surface area (Å²) < 4.78 is 58.4. The van der Waals surface area contributed by atoms with Gasteiger partial charge < -0.3 is 4.98 Å². The number of alkyl halides is 2. The third-order valence-corrected chi connectivity index (χ3v) is 8.30. The third-order valence-electron chi connectivity index (χ3n) is 6.63. The van der Waals surface area contributed by atoms with E-state index < -0.39 is 29.0 Å². The van der Waals surface area contributed by atoms with Crippen LogP contribution in [0.5, 0.6) is 0 Å². The maximum Gasteiger partial charge on any atom is 0.279 e. The first-order valence-corrected chi connectivity index (χ1v) is 12.0. The van der Waals surface area contributed by atoms with Crippen LogP contribution < -0.4 is 4.72 Å². The van der Waals surface area contributed by atoms with E-state index in [1.807, 2.05) is 16.7 Å². The molecule has 0 spiro atoms. The van der Waals surface area contributed by atoms with Crippen molar-refractivity contribution in [1.82, 2.24) is 33.6 Å². The molecule has 12 heteroatoms. The molecule has 2 unspecified atom stereocenters. The molecule has 168 valence electrons. The Morgan fingerprint density at radius 2 is 2.03 bits per heavy atom. The lowest BCUT2D eigenvalue weighted by Gasteiger charge is -2.31. The summed E-state index contributed by atoms with van der Waals surface area (Å²) in [6.45, 7) is 1.75. The highest BCUT2D eigenvalue weighted by Gasteiger charge is 2.42. The first kappa shape index (κ1) is 20.7. The maximum atomic E-state index is 13.4. The molecule has 3 aromatic rings. The number of hydrogen-bond donors (Lipinski definition) is 2. The van der Waals surface area contributed by atoms with E-state index in [9.17, 15) is 17.2 Å². The lowest BCUT2D eigenvalue weighted by molar-refractivity contribution is -0.0413. The highest BCUT2D eigenvalue weighted by Crippen LogP contribution is 2.42. The number of halogens is 2. The van der Waals surface area contributed by atoms with Gasteiger partial charge in [0.1, 0.15) is 5.82 Å². The Labute approximate surface area is 178 Å². The summed E-state index contributed by atoms with van der Waals surface area (Å²) in [6.07, 6.45) is 4.71. The average molecular weight is 454 g/mol. The molecule has 3 aromatic heterocycles. The Kier molecular flexibility index (Phi) is 4.98. The minimum Gasteiger partial charge on any atom is -0.345 e. The molecule has 1 saturated carbocycles. The molecule has 5 rings (SSSR count). The summed E-state index contributed by atoms with van der Waals surface area (Å²) in [5.41, 5.74) is 2.26. The number of piperidine rings is 1. The van der Waals surface area contributed by atoms with Crippen LogP contribution in [0, 0.1) is 5.92 Å². The second-order valence-corrected chi connectivity index (χ2v) is 10.2. The number of aromatic nitrogens is 5. The summed E-state index contributed by atoms with van der Waals surface area (Å²) in [7, 11) is -3.82. The Morgan fingerprint density at radius 3 is 2.77 bits per heavy atom. The molecule has 0 amide bonds. The molecule has 1 aliphatic carbocycles. The number of hydrogen-bond acceptors (Lipinski definition) is 5. The minimum absolute atomic E-state index is 0.0267. The smallest absolute Gasteiger partial charge is 0.279 e. The van der Waals surface area contributed by atoms with Crippen LogP contribution in [0.15, 0.2) is 18.5 Å². The Hall–Kier alpha value is -2.18. The molecule has 0 aromatic carbocycles. The van der Waals surface area contributed by atoms with Crippen LogP contribution in [0.25, 0.3) is 16.8 Å². The van der Waals surface area contributed by atoms with E-state index in [0.29, 0.717) is 18.5 Å². The number of aromatic amines is 1. The number of H-pyrrole nitrogens is 1. The number of nitrogens with one attached hydrogen (secondary N) is 2. The fraction of sp³-hybridized carbons (Fsp3) is 0.632. The predicted octanol–water partition coefficient (Wildman–Crippen LogP) is 2.44. The largest absolute Gasteiger partial charge is 0.345 e. The first-order chi connectivity index (χ1) is 14.8. The lowest BCUT2D eigenvalue weighted by atomic mass is 9.93. The molecule has 2 fully saturated rings. The van der Waals surface area contributed by atoms with Gasteiger partial charge in [-0.3, -0.25) is 4.40 Å². The van der Waals surface area contributed by atoms with E-state index in [2.05, 4.69) is 31.8 Å². The van der Waals surface area contributed by atoms with Gasteiger partial charge in [0, 0.05) is 44.1 Å². The molecule has 31 heavy (non-hydrogen) atoms. The molecule has 0 radical (unpaired) electrons. The van der Waals surface area contributed by atoms with Gasteiger partial charge in [0.25, 0.3) is 16.1 Å².